The molecule has 1 unspecified atom stereocenters. The van der Waals surface area contributed by atoms with Crippen molar-refractivity contribution in [3.8, 4) is 0 Å². The number of benzene rings is 2. The fourth-order valence-corrected chi connectivity index (χ4v) is 1.89. The summed E-state index contributed by atoms with van der Waals surface area (Å²) in [5.41, 5.74) is 2.36. The van der Waals surface area contributed by atoms with Crippen LogP contribution in [0.1, 0.15) is 30.9 Å². The first-order chi connectivity index (χ1) is 7.58. The highest BCUT2D eigenvalue weighted by molar-refractivity contribution is 5.87. The number of carbonyl (C=O) groups excluding carboxylic acids is 1. The van der Waals surface area contributed by atoms with Gasteiger partial charge >= 0.3 is 0 Å². The lowest BCUT2D eigenvalue weighted by Crippen LogP contribution is -2.03. The molecule has 1 atom stereocenters. The summed E-state index contributed by atoms with van der Waals surface area (Å²) in [6.07, 6.45) is 0. The number of rotatable bonds is 2. The number of Topliss-reactive ketones (excluding diaryl/α,β-unsaturated/α-hetero) is 1. The summed E-state index contributed by atoms with van der Waals surface area (Å²) >= 11 is 0. The number of fused-ring (bicyclic) bond motifs is 1. The second-order valence-corrected chi connectivity index (χ2v) is 4.44. The second-order valence-electron chi connectivity index (χ2n) is 4.44. The Bertz CT molecular complexity index is 540. The van der Waals surface area contributed by atoms with Crippen molar-refractivity contribution in [2.24, 2.45) is 0 Å². The third-order valence-electron chi connectivity index (χ3n) is 3.13. The van der Waals surface area contributed by atoms with Crippen molar-refractivity contribution >= 4 is 16.6 Å². The SMILES string of the molecule is CC(=O)C(C)c1ccc2cc(C)ccc2c1. The Hall–Kier alpha value is -1.63. The average Bonchev–Trinajstić information content (AvgIpc) is 2.27. The molecule has 0 amide bonds. The van der Waals surface area contributed by atoms with Crippen molar-refractivity contribution in [1.29, 1.82) is 0 Å². The monoisotopic (exact) mass is 212 g/mol. The van der Waals surface area contributed by atoms with Gasteiger partial charge in [-0.3, -0.25) is 4.79 Å². The molecule has 0 saturated carbocycles. The van der Waals surface area contributed by atoms with Gasteiger partial charge in [-0.1, -0.05) is 48.9 Å². The van der Waals surface area contributed by atoms with Gasteiger partial charge in [0.05, 0.1) is 0 Å². The lowest BCUT2D eigenvalue weighted by atomic mass is 9.95. The molecule has 0 N–H and O–H groups in total. The van der Waals surface area contributed by atoms with Gasteiger partial charge in [0.25, 0.3) is 0 Å². The standard InChI is InChI=1S/C15H16O/c1-10-4-5-15-9-13(11(2)12(3)16)6-7-14(15)8-10/h4-9,11H,1-3H3. The van der Waals surface area contributed by atoms with Gasteiger partial charge in [0, 0.05) is 5.92 Å². The number of hydrogen-bond donors (Lipinski definition) is 0. The van der Waals surface area contributed by atoms with Crippen LogP contribution >= 0.6 is 0 Å². The highest BCUT2D eigenvalue weighted by Gasteiger charge is 2.10. The number of aryl methyl sites for hydroxylation is 1. The fraction of sp³-hybridized carbons (Fsp3) is 0.267. The van der Waals surface area contributed by atoms with Gasteiger partial charge in [0.1, 0.15) is 5.78 Å². The second kappa shape index (κ2) is 4.09. The van der Waals surface area contributed by atoms with Crippen LogP contribution in [-0.4, -0.2) is 5.78 Å². The quantitative estimate of drug-likeness (QED) is 0.739. The third-order valence-corrected chi connectivity index (χ3v) is 3.13. The van der Waals surface area contributed by atoms with Crippen molar-refractivity contribution in [3.63, 3.8) is 0 Å². The van der Waals surface area contributed by atoms with Crippen molar-refractivity contribution < 1.29 is 4.79 Å². The molecule has 0 heterocycles. The van der Waals surface area contributed by atoms with E-state index in [1.807, 2.05) is 13.0 Å². The summed E-state index contributed by atoms with van der Waals surface area (Å²) < 4.78 is 0. The molecule has 0 radical (unpaired) electrons. The van der Waals surface area contributed by atoms with Crippen LogP contribution in [0, 0.1) is 6.92 Å². The van der Waals surface area contributed by atoms with E-state index >= 15 is 0 Å². The van der Waals surface area contributed by atoms with Gasteiger partial charge in [0.2, 0.25) is 0 Å². The Kier molecular flexibility index (Phi) is 2.78. The average molecular weight is 212 g/mol. The molecule has 2 aromatic carbocycles. The third kappa shape index (κ3) is 1.99. The van der Waals surface area contributed by atoms with Crippen LogP contribution in [0.3, 0.4) is 0 Å². The Morgan fingerprint density at radius 1 is 1.06 bits per heavy atom. The van der Waals surface area contributed by atoms with Crippen LogP contribution in [0.4, 0.5) is 0 Å². The molecule has 2 aromatic rings. The maximum Gasteiger partial charge on any atom is 0.136 e. The van der Waals surface area contributed by atoms with Crippen LogP contribution in [0.2, 0.25) is 0 Å². The van der Waals surface area contributed by atoms with E-state index in [1.165, 1.54) is 16.3 Å². The molecular weight excluding hydrogens is 196 g/mol. The first kappa shape index (κ1) is 10.9. The first-order valence-corrected chi connectivity index (χ1v) is 5.58. The summed E-state index contributed by atoms with van der Waals surface area (Å²) in [4.78, 5) is 11.3. The zero-order valence-electron chi connectivity index (χ0n) is 9.95. The minimum Gasteiger partial charge on any atom is -0.299 e. The van der Waals surface area contributed by atoms with Crippen LogP contribution in [0.15, 0.2) is 36.4 Å². The smallest absolute Gasteiger partial charge is 0.136 e. The van der Waals surface area contributed by atoms with Crippen molar-refractivity contribution in [2.45, 2.75) is 26.7 Å². The molecule has 16 heavy (non-hydrogen) atoms. The highest BCUT2D eigenvalue weighted by atomic mass is 16.1. The topological polar surface area (TPSA) is 17.1 Å². The van der Waals surface area contributed by atoms with Crippen molar-refractivity contribution in [2.75, 3.05) is 0 Å². The molecule has 0 fully saturated rings. The summed E-state index contributed by atoms with van der Waals surface area (Å²) in [6, 6.07) is 12.6. The van der Waals surface area contributed by atoms with Crippen LogP contribution in [0.25, 0.3) is 10.8 Å². The molecule has 0 aliphatic rings. The largest absolute Gasteiger partial charge is 0.299 e. The zero-order chi connectivity index (χ0) is 11.7. The van der Waals surface area contributed by atoms with E-state index in [4.69, 9.17) is 0 Å². The molecule has 0 spiro atoms. The maximum atomic E-state index is 11.3. The van der Waals surface area contributed by atoms with E-state index in [0.717, 1.165) is 5.56 Å². The molecule has 0 saturated heterocycles. The Morgan fingerprint density at radius 3 is 2.38 bits per heavy atom. The fourth-order valence-electron chi connectivity index (χ4n) is 1.89. The summed E-state index contributed by atoms with van der Waals surface area (Å²) in [5, 5.41) is 2.44. The van der Waals surface area contributed by atoms with Gasteiger partial charge < -0.3 is 0 Å². The van der Waals surface area contributed by atoms with Gasteiger partial charge in [-0.05, 0) is 30.2 Å². The molecule has 0 aliphatic heterocycles. The summed E-state index contributed by atoms with van der Waals surface area (Å²) in [7, 11) is 0. The van der Waals surface area contributed by atoms with E-state index in [0.29, 0.717) is 0 Å². The van der Waals surface area contributed by atoms with Gasteiger partial charge in [-0.25, -0.2) is 0 Å². The number of carbonyl (C=O) groups is 1. The molecule has 1 heteroatoms. The van der Waals surface area contributed by atoms with Crippen LogP contribution in [-0.2, 0) is 4.79 Å². The minimum absolute atomic E-state index is 0.00861. The van der Waals surface area contributed by atoms with Crippen LogP contribution in [0.5, 0.6) is 0 Å². The van der Waals surface area contributed by atoms with Gasteiger partial charge in [0.15, 0.2) is 0 Å². The molecule has 0 aliphatic carbocycles. The van der Waals surface area contributed by atoms with E-state index in [2.05, 4.69) is 37.3 Å². The molecule has 1 nitrogen and oxygen atoms in total. The Balaban J connectivity index is 2.52. The molecular formula is C15H16O. The molecule has 0 aromatic heterocycles. The van der Waals surface area contributed by atoms with Crippen LogP contribution < -0.4 is 0 Å². The zero-order valence-corrected chi connectivity index (χ0v) is 9.95. The maximum absolute atomic E-state index is 11.3. The van der Waals surface area contributed by atoms with Gasteiger partial charge in [-0.15, -0.1) is 0 Å². The van der Waals surface area contributed by atoms with E-state index in [1.54, 1.807) is 6.92 Å². The lowest BCUT2D eigenvalue weighted by Gasteiger charge is -2.09. The molecule has 2 rings (SSSR count). The minimum atomic E-state index is -0.00861. The Labute approximate surface area is 96.1 Å². The number of hydrogen-bond acceptors (Lipinski definition) is 1. The normalized spacial score (nSPS) is 12.7. The van der Waals surface area contributed by atoms with E-state index < -0.39 is 0 Å². The van der Waals surface area contributed by atoms with Crippen molar-refractivity contribution in [3.05, 3.63) is 47.5 Å². The van der Waals surface area contributed by atoms with Crippen molar-refractivity contribution in [1.82, 2.24) is 0 Å². The molecule has 82 valence electrons. The predicted molar refractivity (Wildman–Crippen MR) is 67.8 cm³/mol. The Morgan fingerprint density at radius 2 is 1.69 bits per heavy atom. The van der Waals surface area contributed by atoms with E-state index in [-0.39, 0.29) is 11.7 Å². The van der Waals surface area contributed by atoms with Gasteiger partial charge in [-0.2, -0.15) is 0 Å². The lowest BCUT2D eigenvalue weighted by molar-refractivity contribution is -0.118. The molecule has 0 bridgehead atoms. The number of ketones is 1. The van der Waals surface area contributed by atoms with E-state index in [9.17, 15) is 4.79 Å². The highest BCUT2D eigenvalue weighted by Crippen LogP contribution is 2.23. The summed E-state index contributed by atoms with van der Waals surface area (Å²) in [5.74, 6) is 0.206. The summed E-state index contributed by atoms with van der Waals surface area (Å²) in [6.45, 7) is 5.69. The first-order valence-electron chi connectivity index (χ1n) is 5.58. The predicted octanol–water partition coefficient (Wildman–Crippen LogP) is 3.84.